The highest BCUT2D eigenvalue weighted by molar-refractivity contribution is 9.10. The van der Waals surface area contributed by atoms with Gasteiger partial charge < -0.3 is 9.64 Å². The molecule has 94 valence electrons. The van der Waals surface area contributed by atoms with Gasteiger partial charge in [0.05, 0.1) is 17.9 Å². The number of halogens is 1. The first-order chi connectivity index (χ1) is 8.72. The van der Waals surface area contributed by atoms with Gasteiger partial charge in [0.25, 0.3) is 0 Å². The van der Waals surface area contributed by atoms with Crippen LogP contribution in [0.3, 0.4) is 0 Å². The number of ether oxygens (including phenoxy) is 1. The Bertz CT molecular complexity index is 503. The maximum atomic E-state index is 9.24. The van der Waals surface area contributed by atoms with Gasteiger partial charge in [-0.3, -0.25) is 0 Å². The quantitative estimate of drug-likeness (QED) is 0.800. The molecule has 2 aliphatic heterocycles. The van der Waals surface area contributed by atoms with E-state index in [9.17, 15) is 5.26 Å². The molecule has 0 amide bonds. The molecule has 0 N–H and O–H groups in total. The first-order valence-corrected chi connectivity index (χ1v) is 7.04. The van der Waals surface area contributed by atoms with E-state index in [4.69, 9.17) is 4.74 Å². The largest absolute Gasteiger partial charge is 0.381 e. The summed E-state index contributed by atoms with van der Waals surface area (Å²) >= 11 is 3.42. The second kappa shape index (κ2) is 4.56. The van der Waals surface area contributed by atoms with E-state index in [1.165, 1.54) is 6.42 Å². The molecule has 2 saturated heterocycles. The number of rotatable bonds is 1. The monoisotopic (exact) mass is 306 g/mol. The van der Waals surface area contributed by atoms with Gasteiger partial charge in [-0.15, -0.1) is 0 Å². The summed E-state index contributed by atoms with van der Waals surface area (Å²) in [6.45, 7) is 3.81. The van der Waals surface area contributed by atoms with Crippen LogP contribution in [0, 0.1) is 16.7 Å². The van der Waals surface area contributed by atoms with Gasteiger partial charge >= 0.3 is 0 Å². The Balaban J connectivity index is 1.86. The molecule has 2 fully saturated rings. The van der Waals surface area contributed by atoms with Gasteiger partial charge in [-0.25, -0.2) is 0 Å². The molecule has 0 radical (unpaired) electrons. The predicted octanol–water partition coefficient (Wildman–Crippen LogP) is 2.94. The van der Waals surface area contributed by atoms with Gasteiger partial charge in [-0.2, -0.15) is 5.26 Å². The highest BCUT2D eigenvalue weighted by atomic mass is 79.9. The van der Waals surface area contributed by atoms with E-state index in [-0.39, 0.29) is 0 Å². The fourth-order valence-corrected chi connectivity index (χ4v) is 3.35. The fourth-order valence-electron chi connectivity index (χ4n) is 2.99. The summed E-state index contributed by atoms with van der Waals surface area (Å²) in [6, 6.07) is 8.23. The van der Waals surface area contributed by atoms with Crippen molar-refractivity contribution in [3.63, 3.8) is 0 Å². The summed E-state index contributed by atoms with van der Waals surface area (Å²) in [7, 11) is 0. The summed E-state index contributed by atoms with van der Waals surface area (Å²) in [6.07, 6.45) is 2.33. The molecule has 0 aromatic heterocycles. The standard InChI is InChI=1S/C14H15BrN2O/c15-12-1-2-13(11(7-12)8-16)17-5-3-14(9-17)4-6-18-10-14/h1-2,7H,3-6,9-10H2/t14-/m1/s1. The third-order valence-corrected chi connectivity index (χ3v) is 4.54. The van der Waals surface area contributed by atoms with Crippen molar-refractivity contribution < 1.29 is 4.74 Å². The fraction of sp³-hybridized carbons (Fsp3) is 0.500. The molecule has 2 aliphatic rings. The average Bonchev–Trinajstić information content (AvgIpc) is 3.00. The summed E-state index contributed by atoms with van der Waals surface area (Å²) in [5, 5.41) is 9.24. The Kier molecular flexibility index (Phi) is 3.04. The summed E-state index contributed by atoms with van der Waals surface area (Å²) < 4.78 is 6.50. The summed E-state index contributed by atoms with van der Waals surface area (Å²) in [5.74, 6) is 0. The van der Waals surface area contributed by atoms with Crippen molar-refractivity contribution in [2.75, 3.05) is 31.2 Å². The van der Waals surface area contributed by atoms with E-state index in [1.54, 1.807) is 0 Å². The minimum Gasteiger partial charge on any atom is -0.381 e. The first kappa shape index (κ1) is 12.0. The van der Waals surface area contributed by atoms with E-state index in [0.717, 1.165) is 48.4 Å². The second-order valence-electron chi connectivity index (χ2n) is 5.25. The molecule has 0 bridgehead atoms. The lowest BCUT2D eigenvalue weighted by Gasteiger charge is -2.24. The van der Waals surface area contributed by atoms with Crippen molar-refractivity contribution >= 4 is 21.6 Å². The highest BCUT2D eigenvalue weighted by Gasteiger charge is 2.41. The number of anilines is 1. The molecular weight excluding hydrogens is 292 g/mol. The molecular formula is C14H15BrN2O. The number of hydrogen-bond acceptors (Lipinski definition) is 3. The van der Waals surface area contributed by atoms with Crippen LogP contribution in [0.5, 0.6) is 0 Å². The van der Waals surface area contributed by atoms with Crippen LogP contribution < -0.4 is 4.90 Å². The zero-order chi connectivity index (χ0) is 12.6. The maximum Gasteiger partial charge on any atom is 0.101 e. The minimum atomic E-state index is 0.333. The third kappa shape index (κ3) is 2.02. The van der Waals surface area contributed by atoms with Crippen molar-refractivity contribution in [3.05, 3.63) is 28.2 Å². The number of nitrogens with zero attached hydrogens (tertiary/aromatic N) is 2. The highest BCUT2D eigenvalue weighted by Crippen LogP contribution is 2.40. The average molecular weight is 307 g/mol. The molecule has 1 atom stereocenters. The molecule has 4 heteroatoms. The minimum absolute atomic E-state index is 0.333. The molecule has 18 heavy (non-hydrogen) atoms. The van der Waals surface area contributed by atoms with E-state index in [1.807, 2.05) is 18.2 Å². The van der Waals surface area contributed by atoms with Crippen LogP contribution >= 0.6 is 15.9 Å². The Morgan fingerprint density at radius 3 is 3.00 bits per heavy atom. The molecule has 2 heterocycles. The van der Waals surface area contributed by atoms with Crippen LogP contribution in [0.2, 0.25) is 0 Å². The lowest BCUT2D eigenvalue weighted by Crippen LogP contribution is -2.27. The zero-order valence-corrected chi connectivity index (χ0v) is 11.7. The van der Waals surface area contributed by atoms with Crippen LogP contribution in [-0.4, -0.2) is 26.3 Å². The van der Waals surface area contributed by atoms with Crippen molar-refractivity contribution in [1.29, 1.82) is 5.26 Å². The predicted molar refractivity (Wildman–Crippen MR) is 73.6 cm³/mol. The van der Waals surface area contributed by atoms with Crippen LogP contribution in [-0.2, 0) is 4.74 Å². The topological polar surface area (TPSA) is 36.3 Å². The van der Waals surface area contributed by atoms with Crippen LogP contribution in [0.15, 0.2) is 22.7 Å². The summed E-state index contributed by atoms with van der Waals surface area (Å²) in [5.41, 5.74) is 2.14. The molecule has 3 rings (SSSR count). The molecule has 1 spiro atoms. The maximum absolute atomic E-state index is 9.24. The van der Waals surface area contributed by atoms with Crippen molar-refractivity contribution in [1.82, 2.24) is 0 Å². The Morgan fingerprint density at radius 1 is 1.39 bits per heavy atom. The van der Waals surface area contributed by atoms with Gasteiger partial charge in [0.1, 0.15) is 6.07 Å². The Morgan fingerprint density at radius 2 is 2.28 bits per heavy atom. The lowest BCUT2D eigenvalue weighted by molar-refractivity contribution is 0.160. The zero-order valence-electron chi connectivity index (χ0n) is 10.2. The third-order valence-electron chi connectivity index (χ3n) is 4.04. The van der Waals surface area contributed by atoms with Gasteiger partial charge in [-0.1, -0.05) is 15.9 Å². The van der Waals surface area contributed by atoms with Crippen LogP contribution in [0.1, 0.15) is 18.4 Å². The number of hydrogen-bond donors (Lipinski definition) is 0. The van der Waals surface area contributed by atoms with E-state index in [2.05, 4.69) is 26.9 Å². The number of benzene rings is 1. The van der Waals surface area contributed by atoms with E-state index >= 15 is 0 Å². The van der Waals surface area contributed by atoms with Gasteiger partial charge in [0.2, 0.25) is 0 Å². The molecule has 1 aromatic carbocycles. The van der Waals surface area contributed by atoms with Gasteiger partial charge in [0, 0.05) is 29.6 Å². The van der Waals surface area contributed by atoms with Gasteiger partial charge in [0.15, 0.2) is 0 Å². The lowest BCUT2D eigenvalue weighted by atomic mass is 9.87. The smallest absolute Gasteiger partial charge is 0.101 e. The Hall–Kier alpha value is -1.05. The van der Waals surface area contributed by atoms with E-state index < -0.39 is 0 Å². The number of nitriles is 1. The Labute approximate surface area is 115 Å². The normalized spacial score (nSPS) is 26.8. The van der Waals surface area contributed by atoms with Crippen LogP contribution in [0.25, 0.3) is 0 Å². The van der Waals surface area contributed by atoms with Gasteiger partial charge in [-0.05, 0) is 31.0 Å². The SMILES string of the molecule is N#Cc1cc(Br)ccc1N1CC[C@@]2(CCOC2)C1. The first-order valence-electron chi connectivity index (χ1n) is 6.25. The molecule has 0 unspecified atom stereocenters. The van der Waals surface area contributed by atoms with Crippen molar-refractivity contribution in [2.45, 2.75) is 12.8 Å². The molecule has 0 aliphatic carbocycles. The van der Waals surface area contributed by atoms with E-state index in [0.29, 0.717) is 5.41 Å². The molecule has 3 nitrogen and oxygen atoms in total. The van der Waals surface area contributed by atoms with Crippen molar-refractivity contribution in [2.24, 2.45) is 5.41 Å². The molecule has 1 aromatic rings. The van der Waals surface area contributed by atoms with Crippen LogP contribution in [0.4, 0.5) is 5.69 Å². The second-order valence-corrected chi connectivity index (χ2v) is 6.16. The van der Waals surface area contributed by atoms with Crippen molar-refractivity contribution in [3.8, 4) is 6.07 Å². The molecule has 0 saturated carbocycles. The summed E-state index contributed by atoms with van der Waals surface area (Å²) in [4.78, 5) is 2.33.